The first-order valence-corrected chi connectivity index (χ1v) is 7.28. The van der Waals surface area contributed by atoms with Gasteiger partial charge in [0.1, 0.15) is 0 Å². The molecule has 0 bridgehead atoms. The maximum absolute atomic E-state index is 11.7. The smallest absolute Gasteiger partial charge is 0.314 e. The third-order valence-electron chi connectivity index (χ3n) is 3.39. The number of carbonyl (C=O) groups is 2. The van der Waals surface area contributed by atoms with E-state index in [1.165, 1.54) is 0 Å². The van der Waals surface area contributed by atoms with Crippen LogP contribution in [-0.4, -0.2) is 43.4 Å². The lowest BCUT2D eigenvalue weighted by molar-refractivity contribution is -0.138. The second-order valence-corrected chi connectivity index (χ2v) is 5.91. The van der Waals surface area contributed by atoms with Crippen molar-refractivity contribution in [3.63, 3.8) is 0 Å². The maximum atomic E-state index is 11.7. The fourth-order valence-corrected chi connectivity index (χ4v) is 2.43. The standard InChI is InChI=1S/C14H26N2O4/c1-10(2)5-12(6-13(17)18)8-16-14(19)15-7-11-3-4-20-9-11/h10-12H,3-9H2,1-2H3,(H,17,18)(H2,15,16,19). The van der Waals surface area contributed by atoms with Crippen molar-refractivity contribution in [2.75, 3.05) is 26.3 Å². The summed E-state index contributed by atoms with van der Waals surface area (Å²) in [6.45, 7) is 6.58. The van der Waals surface area contributed by atoms with E-state index in [4.69, 9.17) is 9.84 Å². The summed E-state index contributed by atoms with van der Waals surface area (Å²) in [6, 6.07) is -0.226. The lowest BCUT2D eigenvalue weighted by Crippen LogP contribution is -2.41. The largest absolute Gasteiger partial charge is 0.481 e. The Morgan fingerprint density at radius 3 is 2.65 bits per heavy atom. The van der Waals surface area contributed by atoms with Gasteiger partial charge in [-0.3, -0.25) is 4.79 Å². The molecule has 1 rings (SSSR count). The lowest BCUT2D eigenvalue weighted by atomic mass is 9.94. The Kier molecular flexibility index (Phi) is 7.36. The van der Waals surface area contributed by atoms with E-state index >= 15 is 0 Å². The summed E-state index contributed by atoms with van der Waals surface area (Å²) in [4.78, 5) is 22.5. The first-order chi connectivity index (χ1) is 9.47. The van der Waals surface area contributed by atoms with Crippen LogP contribution >= 0.6 is 0 Å². The molecule has 0 saturated carbocycles. The number of amides is 2. The predicted molar refractivity (Wildman–Crippen MR) is 75.5 cm³/mol. The Morgan fingerprint density at radius 1 is 1.35 bits per heavy atom. The minimum Gasteiger partial charge on any atom is -0.481 e. The second kappa shape index (κ2) is 8.79. The van der Waals surface area contributed by atoms with Crippen LogP contribution in [0.5, 0.6) is 0 Å². The van der Waals surface area contributed by atoms with Gasteiger partial charge < -0.3 is 20.5 Å². The molecule has 0 spiro atoms. The molecule has 1 fully saturated rings. The molecule has 1 heterocycles. The fraction of sp³-hybridized carbons (Fsp3) is 0.857. The molecule has 0 aromatic heterocycles. The molecule has 6 heteroatoms. The normalized spacial score (nSPS) is 19.9. The van der Waals surface area contributed by atoms with Crippen molar-refractivity contribution in [1.29, 1.82) is 0 Å². The van der Waals surface area contributed by atoms with Gasteiger partial charge in [0.15, 0.2) is 0 Å². The fourth-order valence-electron chi connectivity index (χ4n) is 2.43. The number of urea groups is 1. The van der Waals surface area contributed by atoms with Gasteiger partial charge in [0.05, 0.1) is 6.61 Å². The van der Waals surface area contributed by atoms with Gasteiger partial charge in [-0.1, -0.05) is 13.8 Å². The Labute approximate surface area is 120 Å². The summed E-state index contributed by atoms with van der Waals surface area (Å²) >= 11 is 0. The van der Waals surface area contributed by atoms with Gasteiger partial charge in [-0.15, -0.1) is 0 Å². The lowest BCUT2D eigenvalue weighted by Gasteiger charge is -2.18. The molecule has 0 radical (unpaired) electrons. The van der Waals surface area contributed by atoms with Crippen molar-refractivity contribution in [1.82, 2.24) is 10.6 Å². The molecule has 1 aliphatic rings. The predicted octanol–water partition coefficient (Wildman–Crippen LogP) is 1.46. The molecule has 0 aromatic rings. The number of carboxylic acids is 1. The molecule has 1 aliphatic heterocycles. The SMILES string of the molecule is CC(C)CC(CNC(=O)NCC1CCOC1)CC(=O)O. The minimum absolute atomic E-state index is 0.0203. The monoisotopic (exact) mass is 286 g/mol. The molecule has 2 atom stereocenters. The van der Waals surface area contributed by atoms with Crippen LogP contribution < -0.4 is 10.6 Å². The number of hydrogen-bond acceptors (Lipinski definition) is 3. The van der Waals surface area contributed by atoms with Crippen LogP contribution in [0.25, 0.3) is 0 Å². The molecule has 0 aromatic carbocycles. The zero-order valence-electron chi connectivity index (χ0n) is 12.4. The molecular weight excluding hydrogens is 260 g/mol. The molecule has 6 nitrogen and oxygen atoms in total. The Morgan fingerprint density at radius 2 is 2.10 bits per heavy atom. The maximum Gasteiger partial charge on any atom is 0.314 e. The summed E-state index contributed by atoms with van der Waals surface area (Å²) in [5, 5.41) is 14.4. The van der Waals surface area contributed by atoms with Crippen LogP contribution in [0.15, 0.2) is 0 Å². The highest BCUT2D eigenvalue weighted by atomic mass is 16.5. The van der Waals surface area contributed by atoms with Gasteiger partial charge in [-0.25, -0.2) is 4.79 Å². The second-order valence-electron chi connectivity index (χ2n) is 5.91. The highest BCUT2D eigenvalue weighted by Gasteiger charge is 2.18. The van der Waals surface area contributed by atoms with Gasteiger partial charge in [0, 0.05) is 32.0 Å². The molecule has 1 saturated heterocycles. The quantitative estimate of drug-likeness (QED) is 0.630. The zero-order chi connectivity index (χ0) is 15.0. The number of aliphatic carboxylic acids is 1. The third-order valence-corrected chi connectivity index (χ3v) is 3.39. The van der Waals surface area contributed by atoms with Crippen molar-refractivity contribution in [2.24, 2.45) is 17.8 Å². The van der Waals surface area contributed by atoms with E-state index < -0.39 is 5.97 Å². The average molecular weight is 286 g/mol. The van der Waals surface area contributed by atoms with E-state index in [0.717, 1.165) is 19.4 Å². The van der Waals surface area contributed by atoms with Crippen LogP contribution in [0.1, 0.15) is 33.1 Å². The molecule has 2 unspecified atom stereocenters. The van der Waals surface area contributed by atoms with Crippen molar-refractivity contribution < 1.29 is 19.4 Å². The number of carbonyl (C=O) groups excluding carboxylic acids is 1. The average Bonchev–Trinajstić information content (AvgIpc) is 2.85. The number of ether oxygens (including phenoxy) is 1. The summed E-state index contributed by atoms with van der Waals surface area (Å²) in [6.07, 6.45) is 1.87. The van der Waals surface area contributed by atoms with Crippen LogP contribution in [0, 0.1) is 17.8 Å². The molecule has 3 N–H and O–H groups in total. The summed E-state index contributed by atoms with van der Waals surface area (Å²) < 4.78 is 5.24. The highest BCUT2D eigenvalue weighted by Crippen LogP contribution is 2.14. The Bertz CT molecular complexity index is 314. The van der Waals surface area contributed by atoms with Crippen LogP contribution in [0.3, 0.4) is 0 Å². The molecule has 116 valence electrons. The van der Waals surface area contributed by atoms with Gasteiger partial charge in [0.2, 0.25) is 0 Å². The van der Waals surface area contributed by atoms with Crippen LogP contribution in [-0.2, 0) is 9.53 Å². The van der Waals surface area contributed by atoms with Crippen molar-refractivity contribution >= 4 is 12.0 Å². The third kappa shape index (κ3) is 7.33. The Balaban J connectivity index is 2.22. The number of nitrogens with one attached hydrogen (secondary N) is 2. The van der Waals surface area contributed by atoms with Crippen LogP contribution in [0.4, 0.5) is 4.79 Å². The van der Waals surface area contributed by atoms with Gasteiger partial charge in [0.25, 0.3) is 0 Å². The Hall–Kier alpha value is -1.30. The number of rotatable bonds is 8. The van der Waals surface area contributed by atoms with Gasteiger partial charge in [-0.05, 0) is 24.7 Å². The number of carboxylic acid groups (broad SMARTS) is 1. The molecule has 0 aliphatic carbocycles. The van der Waals surface area contributed by atoms with E-state index in [2.05, 4.69) is 24.5 Å². The number of hydrogen-bond donors (Lipinski definition) is 3. The van der Waals surface area contributed by atoms with E-state index in [0.29, 0.717) is 31.5 Å². The molecule has 20 heavy (non-hydrogen) atoms. The zero-order valence-corrected chi connectivity index (χ0v) is 12.4. The summed E-state index contributed by atoms with van der Waals surface area (Å²) in [5.74, 6) is -0.0277. The van der Waals surface area contributed by atoms with Gasteiger partial charge >= 0.3 is 12.0 Å². The van der Waals surface area contributed by atoms with E-state index in [1.54, 1.807) is 0 Å². The van der Waals surface area contributed by atoms with Crippen molar-refractivity contribution in [3.8, 4) is 0 Å². The van der Waals surface area contributed by atoms with Crippen molar-refractivity contribution in [3.05, 3.63) is 0 Å². The minimum atomic E-state index is -0.819. The first-order valence-electron chi connectivity index (χ1n) is 7.28. The van der Waals surface area contributed by atoms with E-state index in [9.17, 15) is 9.59 Å². The van der Waals surface area contributed by atoms with E-state index in [-0.39, 0.29) is 18.4 Å². The molecular formula is C14H26N2O4. The topological polar surface area (TPSA) is 87.7 Å². The van der Waals surface area contributed by atoms with Crippen LogP contribution in [0.2, 0.25) is 0 Å². The van der Waals surface area contributed by atoms with Gasteiger partial charge in [-0.2, -0.15) is 0 Å². The van der Waals surface area contributed by atoms with E-state index in [1.807, 2.05) is 0 Å². The van der Waals surface area contributed by atoms with Crippen molar-refractivity contribution in [2.45, 2.75) is 33.1 Å². The molecule has 2 amide bonds. The summed E-state index contributed by atoms with van der Waals surface area (Å²) in [7, 11) is 0. The first kappa shape index (κ1) is 16.8. The highest BCUT2D eigenvalue weighted by molar-refractivity contribution is 5.74. The summed E-state index contributed by atoms with van der Waals surface area (Å²) in [5.41, 5.74) is 0.